The number of rotatable bonds is 8. The van der Waals surface area contributed by atoms with E-state index in [1.807, 2.05) is 12.1 Å². The van der Waals surface area contributed by atoms with Crippen molar-refractivity contribution in [2.24, 2.45) is 0 Å². The van der Waals surface area contributed by atoms with E-state index in [2.05, 4.69) is 25.0 Å². The molecular formula is C23H27N5O5. The quantitative estimate of drug-likeness (QED) is 0.514. The molecule has 1 N–H and O–H groups in total. The Balaban J connectivity index is 1.32. The SMILES string of the molecule is COCc1ccc(C(=O)NCc2nnc3n2CCN(Cc2ccc(C(=O)OC)cc2)CC3)o1. The second-order valence-electron chi connectivity index (χ2n) is 7.78. The number of fused-ring (bicyclic) bond motifs is 1. The van der Waals surface area contributed by atoms with Crippen molar-refractivity contribution < 1.29 is 23.5 Å². The summed E-state index contributed by atoms with van der Waals surface area (Å²) in [5.41, 5.74) is 1.67. The van der Waals surface area contributed by atoms with Crippen molar-refractivity contribution in [1.82, 2.24) is 25.0 Å². The van der Waals surface area contributed by atoms with Crippen LogP contribution in [0.15, 0.2) is 40.8 Å². The van der Waals surface area contributed by atoms with Crippen molar-refractivity contribution in [3.8, 4) is 0 Å². The molecule has 0 fully saturated rings. The van der Waals surface area contributed by atoms with Crippen LogP contribution in [-0.4, -0.2) is 58.8 Å². The molecule has 0 aliphatic carbocycles. The van der Waals surface area contributed by atoms with Gasteiger partial charge in [0.05, 0.1) is 19.2 Å². The maximum absolute atomic E-state index is 12.4. The Kier molecular flexibility index (Phi) is 7.16. The Labute approximate surface area is 191 Å². The van der Waals surface area contributed by atoms with Gasteiger partial charge in [-0.15, -0.1) is 10.2 Å². The van der Waals surface area contributed by atoms with Crippen LogP contribution in [0.5, 0.6) is 0 Å². The van der Waals surface area contributed by atoms with E-state index in [-0.39, 0.29) is 24.2 Å². The number of aromatic nitrogens is 3. The molecule has 0 saturated carbocycles. The predicted molar refractivity (Wildman–Crippen MR) is 117 cm³/mol. The average Bonchev–Trinajstić information content (AvgIpc) is 3.41. The van der Waals surface area contributed by atoms with Gasteiger partial charge in [0, 0.05) is 39.7 Å². The molecule has 1 aromatic carbocycles. The number of ether oxygens (including phenoxy) is 2. The van der Waals surface area contributed by atoms with Gasteiger partial charge in [0.25, 0.3) is 5.91 Å². The molecule has 0 spiro atoms. The van der Waals surface area contributed by atoms with Crippen LogP contribution in [-0.2, 0) is 42.1 Å². The monoisotopic (exact) mass is 453 g/mol. The van der Waals surface area contributed by atoms with Crippen molar-refractivity contribution >= 4 is 11.9 Å². The highest BCUT2D eigenvalue weighted by atomic mass is 16.5. The van der Waals surface area contributed by atoms with Gasteiger partial charge in [0.15, 0.2) is 11.6 Å². The van der Waals surface area contributed by atoms with Crippen LogP contribution in [0.4, 0.5) is 0 Å². The molecule has 0 radical (unpaired) electrons. The molecule has 1 aliphatic heterocycles. The van der Waals surface area contributed by atoms with Crippen LogP contribution in [0.2, 0.25) is 0 Å². The number of carbonyl (C=O) groups is 2. The summed E-state index contributed by atoms with van der Waals surface area (Å²) < 4.78 is 17.3. The molecule has 0 bridgehead atoms. The summed E-state index contributed by atoms with van der Waals surface area (Å²) in [5, 5.41) is 11.4. The largest absolute Gasteiger partial charge is 0.465 e. The Hall–Kier alpha value is -3.50. The lowest BCUT2D eigenvalue weighted by molar-refractivity contribution is 0.0600. The lowest BCUT2D eigenvalue weighted by Crippen LogP contribution is -2.28. The van der Waals surface area contributed by atoms with E-state index >= 15 is 0 Å². The van der Waals surface area contributed by atoms with Crippen LogP contribution in [0, 0.1) is 0 Å². The van der Waals surface area contributed by atoms with Gasteiger partial charge in [0.1, 0.15) is 18.2 Å². The minimum absolute atomic E-state index is 0.238. The van der Waals surface area contributed by atoms with E-state index in [1.165, 1.54) is 7.11 Å². The third kappa shape index (κ3) is 5.47. The molecule has 3 heterocycles. The van der Waals surface area contributed by atoms with Crippen LogP contribution in [0.1, 0.15) is 43.9 Å². The minimum atomic E-state index is -0.337. The van der Waals surface area contributed by atoms with Gasteiger partial charge in [-0.25, -0.2) is 4.79 Å². The van der Waals surface area contributed by atoms with Gasteiger partial charge in [-0.3, -0.25) is 9.69 Å². The number of amides is 1. The zero-order chi connectivity index (χ0) is 23.2. The molecule has 2 aromatic heterocycles. The molecule has 10 nitrogen and oxygen atoms in total. The second-order valence-corrected chi connectivity index (χ2v) is 7.78. The topological polar surface area (TPSA) is 112 Å². The summed E-state index contributed by atoms with van der Waals surface area (Å²) in [6.45, 7) is 3.75. The summed E-state index contributed by atoms with van der Waals surface area (Å²) in [4.78, 5) is 26.3. The summed E-state index contributed by atoms with van der Waals surface area (Å²) in [7, 11) is 2.95. The molecule has 10 heteroatoms. The van der Waals surface area contributed by atoms with E-state index in [1.54, 1.807) is 31.4 Å². The van der Waals surface area contributed by atoms with Crippen LogP contribution < -0.4 is 5.32 Å². The van der Waals surface area contributed by atoms with Gasteiger partial charge in [0.2, 0.25) is 0 Å². The first-order valence-corrected chi connectivity index (χ1v) is 10.7. The van der Waals surface area contributed by atoms with Crippen molar-refractivity contribution in [3.63, 3.8) is 0 Å². The van der Waals surface area contributed by atoms with Crippen LogP contribution in [0.3, 0.4) is 0 Å². The van der Waals surface area contributed by atoms with Crippen molar-refractivity contribution in [2.75, 3.05) is 27.3 Å². The molecule has 0 atom stereocenters. The normalized spacial score (nSPS) is 13.9. The highest BCUT2D eigenvalue weighted by Gasteiger charge is 2.20. The number of methoxy groups -OCH3 is 2. The van der Waals surface area contributed by atoms with E-state index in [9.17, 15) is 9.59 Å². The van der Waals surface area contributed by atoms with Crippen molar-refractivity contribution in [3.05, 3.63) is 70.7 Å². The van der Waals surface area contributed by atoms with E-state index in [0.717, 1.165) is 44.0 Å². The van der Waals surface area contributed by atoms with Crippen molar-refractivity contribution in [1.29, 1.82) is 0 Å². The predicted octanol–water partition coefficient (Wildman–Crippen LogP) is 1.79. The number of hydrogen-bond acceptors (Lipinski definition) is 8. The smallest absolute Gasteiger partial charge is 0.337 e. The van der Waals surface area contributed by atoms with Gasteiger partial charge < -0.3 is 23.8 Å². The summed E-state index contributed by atoms with van der Waals surface area (Å²) in [6.07, 6.45) is 0.764. The Morgan fingerprint density at radius 1 is 1.06 bits per heavy atom. The fraction of sp³-hybridized carbons (Fsp3) is 0.391. The highest BCUT2D eigenvalue weighted by molar-refractivity contribution is 5.91. The molecule has 33 heavy (non-hydrogen) atoms. The minimum Gasteiger partial charge on any atom is -0.465 e. The maximum Gasteiger partial charge on any atom is 0.337 e. The molecule has 0 saturated heterocycles. The molecular weight excluding hydrogens is 426 g/mol. The molecule has 0 unspecified atom stereocenters. The standard InChI is InChI=1S/C23H27N5O5/c1-31-15-18-7-8-19(33-18)22(29)24-13-21-26-25-20-9-10-27(11-12-28(20)21)14-16-3-5-17(6-4-16)23(30)32-2/h3-8H,9-15H2,1-2H3,(H,24,29). The average molecular weight is 453 g/mol. The third-order valence-electron chi connectivity index (χ3n) is 5.56. The Morgan fingerprint density at radius 2 is 1.88 bits per heavy atom. The fourth-order valence-electron chi connectivity index (χ4n) is 3.80. The van der Waals surface area contributed by atoms with Crippen molar-refractivity contribution in [2.45, 2.75) is 32.7 Å². The van der Waals surface area contributed by atoms with E-state index < -0.39 is 0 Å². The van der Waals surface area contributed by atoms with Gasteiger partial charge >= 0.3 is 5.97 Å². The van der Waals surface area contributed by atoms with Gasteiger partial charge in [-0.05, 0) is 29.8 Å². The Morgan fingerprint density at radius 3 is 2.64 bits per heavy atom. The first-order valence-electron chi connectivity index (χ1n) is 10.7. The maximum atomic E-state index is 12.4. The van der Waals surface area contributed by atoms with Crippen LogP contribution >= 0.6 is 0 Å². The summed E-state index contributed by atoms with van der Waals surface area (Å²) in [6, 6.07) is 10.8. The Bertz CT molecular complexity index is 1100. The molecule has 1 amide bonds. The fourth-order valence-corrected chi connectivity index (χ4v) is 3.80. The number of esters is 1. The molecule has 1 aliphatic rings. The van der Waals surface area contributed by atoms with Crippen LogP contribution in [0.25, 0.3) is 0 Å². The highest BCUT2D eigenvalue weighted by Crippen LogP contribution is 2.14. The van der Waals surface area contributed by atoms with E-state index in [0.29, 0.717) is 23.8 Å². The van der Waals surface area contributed by atoms with E-state index in [4.69, 9.17) is 13.9 Å². The lowest BCUT2D eigenvalue weighted by Gasteiger charge is -2.19. The zero-order valence-corrected chi connectivity index (χ0v) is 18.7. The third-order valence-corrected chi connectivity index (χ3v) is 5.56. The lowest BCUT2D eigenvalue weighted by atomic mass is 10.1. The molecule has 4 rings (SSSR count). The molecule has 174 valence electrons. The van der Waals surface area contributed by atoms with Gasteiger partial charge in [-0.2, -0.15) is 0 Å². The number of carbonyl (C=O) groups excluding carboxylic acids is 2. The number of furan rings is 1. The number of hydrogen-bond donors (Lipinski definition) is 1. The number of nitrogens with zero attached hydrogens (tertiary/aromatic N) is 4. The first kappa shape index (κ1) is 22.7. The zero-order valence-electron chi connectivity index (χ0n) is 18.7. The summed E-state index contributed by atoms with van der Waals surface area (Å²) in [5.74, 6) is 1.81. The van der Waals surface area contributed by atoms with Gasteiger partial charge in [-0.1, -0.05) is 12.1 Å². The summed E-state index contributed by atoms with van der Waals surface area (Å²) >= 11 is 0. The first-order chi connectivity index (χ1) is 16.1. The number of benzene rings is 1. The molecule has 3 aromatic rings. The second kappa shape index (κ2) is 10.4. The number of nitrogens with one attached hydrogen (secondary N) is 1.